The third-order valence-electron chi connectivity index (χ3n) is 16.2. The van der Waals surface area contributed by atoms with Crippen LogP contribution < -0.4 is 22.1 Å². The first-order valence-electron chi connectivity index (χ1n) is 32.5. The molecule has 110 heavy (non-hydrogen) atoms. The minimum atomic E-state index is -0.433. The summed E-state index contributed by atoms with van der Waals surface area (Å²) in [6, 6.07) is 47.9. The van der Waals surface area contributed by atoms with Crippen molar-refractivity contribution in [1.82, 2.24) is 99.7 Å². The standard InChI is InChI=1S/2C20H13ClFN7.2C15H11ClFN3.C5H3ClN4.2CH4/c21-12-5-2-1-4-11(12)16-15(29-17-13(22)6-3-7-14(17)28-16)8-23-19-18-20(25-9-24-18)27-10-26-19;21-12-5-2-1-4-11(12)16-15(28-14-7-3-6-13(22)17(14)29-16)8-23-19-18-20(25-9-24-18)27-10-26-19;16-10-5-2-1-4-9(10)14-13(8-18)20-15-11(17)6-3-7-12(15)19-14;16-10-5-2-1-4-9(10)14-13(8-18)19-12-7-3-6-11(17)15(12)20-14;6-4-3-5(9-1-7-3)10-2-8-4;;/h2*1-7,9-10H,8H2,(H2,23,24,25,26,27);2*1-7H,8,18H2;1-2H,(H,7,8,9,10);2*1H4. The number of nitrogens with two attached hydrogens (primary N) is 2. The van der Waals surface area contributed by atoms with Crippen molar-refractivity contribution >= 4 is 147 Å². The minimum Gasteiger partial charge on any atom is -0.362 e. The van der Waals surface area contributed by atoms with Crippen LogP contribution in [0, 0.1) is 23.3 Å². The van der Waals surface area contributed by atoms with Gasteiger partial charge in [0, 0.05) is 35.3 Å². The molecule has 0 saturated heterocycles. The van der Waals surface area contributed by atoms with E-state index in [1.807, 2.05) is 72.8 Å². The van der Waals surface area contributed by atoms with E-state index in [1.54, 1.807) is 85.5 Å². The highest BCUT2D eigenvalue weighted by Gasteiger charge is 2.21. The lowest BCUT2D eigenvalue weighted by Crippen LogP contribution is -2.08. The third kappa shape index (κ3) is 16.8. The number of nitrogens with zero attached hydrogens (tertiary/aromatic N) is 17. The minimum absolute atomic E-state index is 0. The number of imidazole rings is 3. The van der Waals surface area contributed by atoms with Crippen LogP contribution in [0.4, 0.5) is 29.2 Å². The van der Waals surface area contributed by atoms with Gasteiger partial charge in [0.1, 0.15) is 57.6 Å². The summed E-state index contributed by atoms with van der Waals surface area (Å²) in [5.41, 5.74) is 25.3. The van der Waals surface area contributed by atoms with Crippen LogP contribution in [0.15, 0.2) is 208 Å². The average Bonchev–Trinajstić information content (AvgIpc) is 1.03. The summed E-state index contributed by atoms with van der Waals surface area (Å²) in [6.45, 7) is 0.923. The number of para-hydroxylation sites is 4. The topological polar surface area (TPSA) is 343 Å². The Kier molecular flexibility index (Phi) is 24.5. The lowest BCUT2D eigenvalue weighted by molar-refractivity contribution is 0.635. The molecule has 0 spiro atoms. The van der Waals surface area contributed by atoms with Crippen LogP contribution in [0.25, 0.3) is 123 Å². The predicted molar refractivity (Wildman–Crippen MR) is 424 cm³/mol. The first-order valence-corrected chi connectivity index (χ1v) is 34.3. The highest BCUT2D eigenvalue weighted by molar-refractivity contribution is 6.35. The predicted octanol–water partition coefficient (Wildman–Crippen LogP) is 18.1. The van der Waals surface area contributed by atoms with Gasteiger partial charge in [-0.1, -0.05) is 170 Å². The molecule has 18 aromatic rings. The van der Waals surface area contributed by atoms with Crippen molar-refractivity contribution in [3.8, 4) is 45.0 Å². The fraction of sp³-hybridized carbons (Fsp3) is 0.0779. The number of hydrogen-bond acceptors (Lipinski definition) is 21. The number of benzene rings is 8. The molecule has 0 unspecified atom stereocenters. The van der Waals surface area contributed by atoms with E-state index < -0.39 is 23.3 Å². The molecule has 0 radical (unpaired) electrons. The van der Waals surface area contributed by atoms with Gasteiger partial charge in [0.15, 0.2) is 57.0 Å². The van der Waals surface area contributed by atoms with Crippen molar-refractivity contribution in [3.05, 3.63) is 279 Å². The monoisotopic (exact) mass is 1570 g/mol. The molecule has 33 heteroatoms. The molecular weight excluding hydrogens is 1510 g/mol. The highest BCUT2D eigenvalue weighted by atomic mass is 35.5. The number of aromatic nitrogens is 20. The molecule has 0 bridgehead atoms. The summed E-state index contributed by atoms with van der Waals surface area (Å²) >= 11 is 30.8. The first-order chi connectivity index (χ1) is 52.7. The van der Waals surface area contributed by atoms with E-state index in [0.29, 0.717) is 156 Å². The molecule has 0 aliphatic heterocycles. The molecule has 0 aliphatic carbocycles. The average molecular weight is 1570 g/mol. The molecule has 0 fully saturated rings. The zero-order valence-electron chi connectivity index (χ0n) is 55.6. The van der Waals surface area contributed by atoms with Gasteiger partial charge in [-0.05, 0) is 72.8 Å². The molecule has 0 atom stereocenters. The van der Waals surface area contributed by atoms with Crippen molar-refractivity contribution in [1.29, 1.82) is 0 Å². The van der Waals surface area contributed by atoms with Crippen LogP contribution in [0.1, 0.15) is 37.6 Å². The van der Waals surface area contributed by atoms with Crippen molar-refractivity contribution < 1.29 is 17.6 Å². The second kappa shape index (κ2) is 35.0. The Bertz CT molecular complexity index is 6340. The summed E-state index contributed by atoms with van der Waals surface area (Å²) in [5, 5.41) is 9.00. The van der Waals surface area contributed by atoms with E-state index in [2.05, 4.69) is 110 Å². The van der Waals surface area contributed by atoms with Crippen molar-refractivity contribution in [3.63, 3.8) is 0 Å². The van der Waals surface area contributed by atoms with Crippen LogP contribution in [0.3, 0.4) is 0 Å². The van der Waals surface area contributed by atoms with E-state index in [4.69, 9.17) is 69.5 Å². The Morgan fingerprint density at radius 3 is 1.00 bits per heavy atom. The van der Waals surface area contributed by atoms with Crippen molar-refractivity contribution in [2.24, 2.45) is 11.5 Å². The third-order valence-corrected chi connectivity index (χ3v) is 17.8. The van der Waals surface area contributed by atoms with Crippen LogP contribution in [0.5, 0.6) is 0 Å². The van der Waals surface area contributed by atoms with Crippen molar-refractivity contribution in [2.75, 3.05) is 10.6 Å². The van der Waals surface area contributed by atoms with E-state index in [-0.39, 0.29) is 56.6 Å². The summed E-state index contributed by atoms with van der Waals surface area (Å²) < 4.78 is 56.2. The summed E-state index contributed by atoms with van der Waals surface area (Å²) in [6.07, 6.45) is 8.87. The van der Waals surface area contributed by atoms with E-state index >= 15 is 0 Å². The number of nitrogens with one attached hydrogen (secondary N) is 5. The number of rotatable bonds is 12. The Morgan fingerprint density at radius 2 is 0.609 bits per heavy atom. The van der Waals surface area contributed by atoms with Crippen LogP contribution in [0.2, 0.25) is 25.2 Å². The van der Waals surface area contributed by atoms with Gasteiger partial charge in [0.2, 0.25) is 0 Å². The van der Waals surface area contributed by atoms with Crippen molar-refractivity contribution in [2.45, 2.75) is 41.0 Å². The molecule has 0 amide bonds. The Hall–Kier alpha value is -12.5. The van der Waals surface area contributed by atoms with Gasteiger partial charge in [-0.25, -0.2) is 102 Å². The molecular formula is C77H59Cl5F4N24. The fourth-order valence-corrected chi connectivity index (χ4v) is 12.3. The largest absolute Gasteiger partial charge is 0.362 e. The summed E-state index contributed by atoms with van der Waals surface area (Å²) in [7, 11) is 0. The lowest BCUT2D eigenvalue weighted by atomic mass is 10.1. The molecule has 24 nitrogen and oxygen atoms in total. The zero-order chi connectivity index (χ0) is 74.8. The normalized spacial score (nSPS) is 10.9. The maximum atomic E-state index is 14.3. The number of aromatic amines is 3. The number of halogens is 9. The van der Waals surface area contributed by atoms with E-state index in [0.717, 1.165) is 11.1 Å². The molecule has 0 aliphatic rings. The van der Waals surface area contributed by atoms with Gasteiger partial charge in [-0.15, -0.1) is 0 Å². The van der Waals surface area contributed by atoms with Crippen LogP contribution in [-0.2, 0) is 26.2 Å². The number of anilines is 2. The maximum Gasteiger partial charge on any atom is 0.182 e. The van der Waals surface area contributed by atoms with Crippen LogP contribution >= 0.6 is 58.0 Å². The van der Waals surface area contributed by atoms with Gasteiger partial charge in [-0.3, -0.25) is 0 Å². The molecule has 0 saturated carbocycles. The molecule has 10 aromatic heterocycles. The Labute approximate surface area is 647 Å². The lowest BCUT2D eigenvalue weighted by Gasteiger charge is -2.13. The zero-order valence-corrected chi connectivity index (χ0v) is 59.4. The summed E-state index contributed by atoms with van der Waals surface area (Å²) in [5.74, 6) is -0.535. The molecule has 9 N–H and O–H groups in total. The van der Waals surface area contributed by atoms with E-state index in [1.165, 1.54) is 49.6 Å². The van der Waals surface area contributed by atoms with Gasteiger partial charge >= 0.3 is 0 Å². The maximum absolute atomic E-state index is 14.3. The van der Waals surface area contributed by atoms with Gasteiger partial charge in [0.05, 0.1) is 120 Å². The Balaban J connectivity index is 0.000000132. The SMILES string of the molecule is C.C.Clc1ncnc2nc[nH]c12.Fc1cccc2nc(-c3ccccc3Cl)c(CNc3ncnc4nc[nH]c34)nc12.Fc1cccc2nc(CNc3ncnc4nc[nH]c34)c(-c3ccccc3Cl)nc12.NCc1nc2c(F)cccc2nc1-c1ccccc1Cl.NCc1nc2cccc(F)c2nc1-c1ccccc1Cl. The highest BCUT2D eigenvalue weighted by Crippen LogP contribution is 2.36. The fourth-order valence-electron chi connectivity index (χ4n) is 11.2. The van der Waals surface area contributed by atoms with Gasteiger partial charge < -0.3 is 37.1 Å². The second-order valence-corrected chi connectivity index (χ2v) is 24.9. The second-order valence-electron chi connectivity index (χ2n) is 23.0. The molecule has 8 aromatic carbocycles. The van der Waals surface area contributed by atoms with Gasteiger partial charge in [0.25, 0.3) is 0 Å². The number of H-pyrrole nitrogens is 3. The van der Waals surface area contributed by atoms with Gasteiger partial charge in [-0.2, -0.15) is 0 Å². The number of fused-ring (bicyclic) bond motifs is 7. The molecule has 18 rings (SSSR count). The molecule has 10 heterocycles. The van der Waals surface area contributed by atoms with Crippen LogP contribution in [-0.4, -0.2) is 99.7 Å². The molecule has 550 valence electrons. The smallest absolute Gasteiger partial charge is 0.182 e. The Morgan fingerprint density at radius 1 is 0.309 bits per heavy atom. The first kappa shape index (κ1) is 77.1. The number of hydrogen-bond donors (Lipinski definition) is 7. The van der Waals surface area contributed by atoms with E-state index in [9.17, 15) is 17.6 Å². The summed E-state index contributed by atoms with van der Waals surface area (Å²) in [4.78, 5) is 81.2. The quantitative estimate of drug-likeness (QED) is 0.0441.